The predicted molar refractivity (Wildman–Crippen MR) is 80.8 cm³/mol. The van der Waals surface area contributed by atoms with Gasteiger partial charge >= 0.3 is 0 Å². The number of rotatable bonds is 5. The molecule has 0 spiro atoms. The smallest absolute Gasteiger partial charge is 0.0794 e. The summed E-state index contributed by atoms with van der Waals surface area (Å²) in [5.74, 6) is 0. The van der Waals surface area contributed by atoms with Gasteiger partial charge in [-0.25, -0.2) is 0 Å². The van der Waals surface area contributed by atoms with Crippen molar-refractivity contribution in [1.29, 1.82) is 0 Å². The number of hydrogen-bond acceptors (Lipinski definition) is 7. The molecule has 0 aromatic carbocycles. The topological polar surface area (TPSA) is 52.5 Å². The van der Waals surface area contributed by atoms with Gasteiger partial charge in [-0.2, -0.15) is 0 Å². The first-order chi connectivity index (χ1) is 9.85. The minimum absolute atomic E-state index is 0.206. The van der Waals surface area contributed by atoms with Crippen LogP contribution in [0.4, 0.5) is 0 Å². The van der Waals surface area contributed by atoms with E-state index in [-0.39, 0.29) is 12.6 Å². The minimum Gasteiger partial charge on any atom is -0.395 e. The molecule has 20 heavy (non-hydrogen) atoms. The molecule has 2 aromatic heterocycles. The van der Waals surface area contributed by atoms with E-state index in [1.165, 1.54) is 9.75 Å². The highest BCUT2D eigenvalue weighted by Gasteiger charge is 2.26. The van der Waals surface area contributed by atoms with E-state index >= 15 is 0 Å². The molecule has 1 atom stereocenters. The van der Waals surface area contributed by atoms with Crippen molar-refractivity contribution in [2.24, 2.45) is 0 Å². The zero-order valence-corrected chi connectivity index (χ0v) is 12.8. The summed E-state index contributed by atoms with van der Waals surface area (Å²) in [6.07, 6.45) is 3.85. The molecule has 2 aromatic rings. The van der Waals surface area contributed by atoms with Crippen molar-refractivity contribution < 1.29 is 5.11 Å². The highest BCUT2D eigenvalue weighted by atomic mass is 32.1. The third-order valence-corrected chi connectivity index (χ3v) is 5.13. The average Bonchev–Trinajstić information content (AvgIpc) is 3.14. The van der Waals surface area contributed by atoms with Crippen molar-refractivity contribution in [3.8, 4) is 0 Å². The number of aliphatic hydroxyl groups is 1. The molecule has 3 heterocycles. The van der Waals surface area contributed by atoms with Gasteiger partial charge in [-0.1, -0.05) is 0 Å². The lowest BCUT2D eigenvalue weighted by molar-refractivity contribution is 0.0325. The molecular formula is C13H18N4OS2. The molecule has 1 unspecified atom stereocenters. The fourth-order valence-electron chi connectivity index (χ4n) is 2.54. The maximum absolute atomic E-state index is 9.64. The highest BCUT2D eigenvalue weighted by Crippen LogP contribution is 2.18. The first-order valence-electron chi connectivity index (χ1n) is 6.67. The van der Waals surface area contributed by atoms with Crippen LogP contribution in [0.2, 0.25) is 0 Å². The van der Waals surface area contributed by atoms with Crippen molar-refractivity contribution in [2.75, 3.05) is 26.2 Å². The molecule has 0 amide bonds. The van der Waals surface area contributed by atoms with Crippen molar-refractivity contribution in [2.45, 2.75) is 19.1 Å². The van der Waals surface area contributed by atoms with Gasteiger partial charge in [-0.05, 0) is 0 Å². The third kappa shape index (κ3) is 3.42. The van der Waals surface area contributed by atoms with Crippen LogP contribution in [0.25, 0.3) is 0 Å². The second-order valence-electron chi connectivity index (χ2n) is 4.98. The molecule has 1 saturated heterocycles. The summed E-state index contributed by atoms with van der Waals surface area (Å²) in [5.41, 5.74) is 3.74. The molecule has 0 aliphatic carbocycles. The van der Waals surface area contributed by atoms with Crippen LogP contribution in [0.15, 0.2) is 23.4 Å². The van der Waals surface area contributed by atoms with Crippen molar-refractivity contribution >= 4 is 22.7 Å². The van der Waals surface area contributed by atoms with Gasteiger partial charge in [-0.3, -0.25) is 19.8 Å². The molecule has 0 radical (unpaired) electrons. The zero-order valence-electron chi connectivity index (χ0n) is 11.2. The quantitative estimate of drug-likeness (QED) is 0.901. The van der Waals surface area contributed by atoms with E-state index in [1.807, 2.05) is 23.4 Å². The summed E-state index contributed by atoms with van der Waals surface area (Å²) >= 11 is 3.37. The monoisotopic (exact) mass is 310 g/mol. The molecule has 7 heteroatoms. The summed E-state index contributed by atoms with van der Waals surface area (Å²) in [5, 5.41) is 9.64. The van der Waals surface area contributed by atoms with E-state index in [0.717, 1.165) is 32.7 Å². The molecular weight excluding hydrogens is 292 g/mol. The Hall–Kier alpha value is -0.860. The number of piperazine rings is 1. The second-order valence-corrected chi connectivity index (χ2v) is 6.92. The summed E-state index contributed by atoms with van der Waals surface area (Å²) in [4.78, 5) is 15.5. The Bertz CT molecular complexity index is 502. The van der Waals surface area contributed by atoms with Crippen LogP contribution in [-0.4, -0.2) is 57.2 Å². The molecule has 108 valence electrons. The number of hydrogen-bond donors (Lipinski definition) is 1. The highest BCUT2D eigenvalue weighted by molar-refractivity contribution is 7.09. The standard InChI is InChI=1S/C13H18N4OS2/c18-8-11-5-16(6-12-3-14-9-19-12)1-2-17(11)7-13-4-15-10-20-13/h3-4,9-11,18H,1-2,5-8H2. The Morgan fingerprint density at radius 3 is 2.40 bits per heavy atom. The van der Waals surface area contributed by atoms with Crippen LogP contribution in [0.3, 0.4) is 0 Å². The Morgan fingerprint density at radius 1 is 1.10 bits per heavy atom. The molecule has 0 bridgehead atoms. The molecule has 0 saturated carbocycles. The normalized spacial score (nSPS) is 21.4. The Morgan fingerprint density at radius 2 is 1.80 bits per heavy atom. The van der Waals surface area contributed by atoms with Crippen LogP contribution < -0.4 is 0 Å². The number of aromatic nitrogens is 2. The lowest BCUT2D eigenvalue weighted by atomic mass is 10.1. The maximum atomic E-state index is 9.64. The SMILES string of the molecule is OCC1CN(Cc2cncs2)CCN1Cc1cncs1. The van der Waals surface area contributed by atoms with Crippen LogP contribution in [-0.2, 0) is 13.1 Å². The van der Waals surface area contributed by atoms with Gasteiger partial charge in [0.15, 0.2) is 0 Å². The molecule has 1 fully saturated rings. The minimum atomic E-state index is 0.206. The number of nitrogens with zero attached hydrogens (tertiary/aromatic N) is 4. The van der Waals surface area contributed by atoms with Gasteiger partial charge in [0.25, 0.3) is 0 Å². The van der Waals surface area contributed by atoms with E-state index in [1.54, 1.807) is 22.7 Å². The van der Waals surface area contributed by atoms with Crippen molar-refractivity contribution in [3.05, 3.63) is 33.2 Å². The van der Waals surface area contributed by atoms with Crippen LogP contribution >= 0.6 is 22.7 Å². The van der Waals surface area contributed by atoms with Gasteiger partial charge in [0.2, 0.25) is 0 Å². The predicted octanol–water partition coefficient (Wildman–Crippen LogP) is 1.28. The van der Waals surface area contributed by atoms with E-state index < -0.39 is 0 Å². The molecule has 3 rings (SSSR count). The molecule has 5 nitrogen and oxygen atoms in total. The lowest BCUT2D eigenvalue weighted by Gasteiger charge is -2.40. The Kier molecular flexibility index (Phi) is 4.74. The zero-order chi connectivity index (χ0) is 13.8. The summed E-state index contributed by atoms with van der Waals surface area (Å²) in [6, 6.07) is 0.207. The van der Waals surface area contributed by atoms with Gasteiger partial charge in [0, 0.05) is 60.9 Å². The first kappa shape index (κ1) is 14.1. The first-order valence-corrected chi connectivity index (χ1v) is 8.43. The van der Waals surface area contributed by atoms with Crippen LogP contribution in [0.1, 0.15) is 9.75 Å². The van der Waals surface area contributed by atoms with E-state index in [4.69, 9.17) is 0 Å². The van der Waals surface area contributed by atoms with E-state index in [0.29, 0.717) is 0 Å². The largest absolute Gasteiger partial charge is 0.395 e. The van der Waals surface area contributed by atoms with Gasteiger partial charge in [0.05, 0.1) is 17.6 Å². The summed E-state index contributed by atoms with van der Waals surface area (Å²) < 4.78 is 0. The molecule has 1 N–H and O–H groups in total. The Labute approximate surface area is 126 Å². The average molecular weight is 310 g/mol. The third-order valence-electron chi connectivity index (χ3n) is 3.60. The second kappa shape index (κ2) is 6.73. The summed E-state index contributed by atoms with van der Waals surface area (Å²) in [7, 11) is 0. The maximum Gasteiger partial charge on any atom is 0.0794 e. The van der Waals surface area contributed by atoms with Crippen LogP contribution in [0.5, 0.6) is 0 Å². The van der Waals surface area contributed by atoms with E-state index in [9.17, 15) is 5.11 Å². The molecule has 1 aliphatic rings. The lowest BCUT2D eigenvalue weighted by Crippen LogP contribution is -2.53. The molecule has 1 aliphatic heterocycles. The van der Waals surface area contributed by atoms with E-state index in [2.05, 4.69) is 19.8 Å². The fourth-order valence-corrected chi connectivity index (χ4v) is 3.80. The van der Waals surface area contributed by atoms with Gasteiger partial charge in [0.1, 0.15) is 0 Å². The summed E-state index contributed by atoms with van der Waals surface area (Å²) in [6.45, 7) is 4.97. The van der Waals surface area contributed by atoms with Crippen molar-refractivity contribution in [1.82, 2.24) is 19.8 Å². The van der Waals surface area contributed by atoms with Crippen molar-refractivity contribution in [3.63, 3.8) is 0 Å². The number of aliphatic hydroxyl groups excluding tert-OH is 1. The Balaban J connectivity index is 1.58. The number of thiazole rings is 2. The van der Waals surface area contributed by atoms with Gasteiger partial charge < -0.3 is 5.11 Å². The van der Waals surface area contributed by atoms with Gasteiger partial charge in [-0.15, -0.1) is 22.7 Å². The fraction of sp³-hybridized carbons (Fsp3) is 0.538. The van der Waals surface area contributed by atoms with Crippen LogP contribution in [0, 0.1) is 0 Å².